The third-order valence-electron chi connectivity index (χ3n) is 4.16. The van der Waals surface area contributed by atoms with E-state index >= 15 is 0 Å². The minimum absolute atomic E-state index is 0.102. The van der Waals surface area contributed by atoms with Crippen molar-refractivity contribution >= 4 is 11.6 Å². The van der Waals surface area contributed by atoms with Gasteiger partial charge in [0.2, 0.25) is 0 Å². The molecule has 0 aromatic carbocycles. The predicted molar refractivity (Wildman–Crippen MR) is 68.8 cm³/mol. The normalized spacial score (nSPS) is 28.9. The lowest BCUT2D eigenvalue weighted by Crippen LogP contribution is -2.48. The number of hydrogen-bond donors (Lipinski definition) is 2. The molecule has 1 aliphatic heterocycles. The van der Waals surface area contributed by atoms with E-state index in [1.54, 1.807) is 23.0 Å². The van der Waals surface area contributed by atoms with Gasteiger partial charge in [-0.05, 0) is 25.3 Å². The largest absolute Gasteiger partial charge is 0.346 e. The maximum atomic E-state index is 12.2. The van der Waals surface area contributed by atoms with Crippen molar-refractivity contribution in [2.24, 2.45) is 5.92 Å². The fraction of sp³-hybridized carbons (Fsp3) is 0.462. The highest BCUT2D eigenvalue weighted by Gasteiger charge is 2.40. The minimum Gasteiger partial charge on any atom is -0.346 e. The van der Waals surface area contributed by atoms with E-state index in [1.807, 2.05) is 6.20 Å². The number of hydrogen-bond acceptors (Lipinski definition) is 4. The predicted octanol–water partition coefficient (Wildman–Crippen LogP) is 0.209. The van der Waals surface area contributed by atoms with Crippen LogP contribution in [0.3, 0.4) is 0 Å². The van der Waals surface area contributed by atoms with Crippen LogP contribution in [-0.2, 0) is 0 Å². The number of rotatable bonds is 2. The van der Waals surface area contributed by atoms with Crippen LogP contribution in [0.5, 0.6) is 0 Å². The topological polar surface area (TPSA) is 71.3 Å². The van der Waals surface area contributed by atoms with Gasteiger partial charge in [0.25, 0.3) is 5.91 Å². The van der Waals surface area contributed by atoms with Crippen LogP contribution in [0.1, 0.15) is 23.3 Å². The Morgan fingerprint density at radius 3 is 3.16 bits per heavy atom. The standard InChI is InChI=1S/C13H15N5O/c19-13(17-10-4-8-3-9(10)15-5-8)11-7-18-2-1-14-12(18)6-16-11/h1-2,6-10,15H,3-5H2,(H,17,19)/t8-,9-,10+/m0/s1. The number of aromatic nitrogens is 3. The summed E-state index contributed by atoms with van der Waals surface area (Å²) in [6.45, 7) is 1.09. The van der Waals surface area contributed by atoms with E-state index in [0.29, 0.717) is 11.7 Å². The summed E-state index contributed by atoms with van der Waals surface area (Å²) >= 11 is 0. The molecule has 1 saturated heterocycles. The van der Waals surface area contributed by atoms with Crippen molar-refractivity contribution < 1.29 is 4.79 Å². The average Bonchev–Trinajstić information content (AvgIpc) is 3.13. The van der Waals surface area contributed by atoms with Crippen molar-refractivity contribution in [2.45, 2.75) is 24.9 Å². The summed E-state index contributed by atoms with van der Waals surface area (Å²) in [6, 6.07) is 0.678. The van der Waals surface area contributed by atoms with Gasteiger partial charge in [-0.3, -0.25) is 4.79 Å². The van der Waals surface area contributed by atoms with Crippen LogP contribution in [0, 0.1) is 5.92 Å². The van der Waals surface area contributed by atoms with Gasteiger partial charge in [0.1, 0.15) is 5.69 Å². The van der Waals surface area contributed by atoms with Gasteiger partial charge in [0, 0.05) is 30.7 Å². The Labute approximate surface area is 110 Å². The molecule has 2 N–H and O–H groups in total. The highest BCUT2D eigenvalue weighted by Crippen LogP contribution is 2.31. The van der Waals surface area contributed by atoms with Gasteiger partial charge < -0.3 is 15.0 Å². The summed E-state index contributed by atoms with van der Waals surface area (Å²) in [6.07, 6.45) is 9.10. The number of carbonyl (C=O) groups is 1. The quantitative estimate of drug-likeness (QED) is 0.807. The molecule has 6 nitrogen and oxygen atoms in total. The first-order valence-corrected chi connectivity index (χ1v) is 6.62. The average molecular weight is 257 g/mol. The zero-order chi connectivity index (χ0) is 12.8. The molecule has 1 aliphatic carbocycles. The molecule has 0 unspecified atom stereocenters. The van der Waals surface area contributed by atoms with Gasteiger partial charge in [-0.1, -0.05) is 0 Å². The van der Waals surface area contributed by atoms with Gasteiger partial charge in [-0.25, -0.2) is 9.97 Å². The van der Waals surface area contributed by atoms with Gasteiger partial charge in [0.05, 0.1) is 6.20 Å². The van der Waals surface area contributed by atoms with Crippen LogP contribution in [0.15, 0.2) is 24.8 Å². The zero-order valence-corrected chi connectivity index (χ0v) is 10.4. The molecule has 2 aliphatic rings. The Bertz CT molecular complexity index is 637. The molecule has 3 heterocycles. The number of amides is 1. The second-order valence-electron chi connectivity index (χ2n) is 5.40. The Hall–Kier alpha value is -1.95. The Kier molecular flexibility index (Phi) is 2.32. The monoisotopic (exact) mass is 257 g/mol. The molecule has 2 bridgehead atoms. The maximum Gasteiger partial charge on any atom is 0.271 e. The first-order chi connectivity index (χ1) is 9.29. The van der Waals surface area contributed by atoms with Gasteiger partial charge >= 0.3 is 0 Å². The Morgan fingerprint density at radius 2 is 2.37 bits per heavy atom. The SMILES string of the molecule is O=C(N[C@@H]1C[C@H]2CN[C@H]1C2)c1cn2ccnc2cn1. The summed E-state index contributed by atoms with van der Waals surface area (Å²) in [5.74, 6) is 0.620. The van der Waals surface area contributed by atoms with E-state index in [9.17, 15) is 4.79 Å². The van der Waals surface area contributed by atoms with Crippen molar-refractivity contribution in [1.29, 1.82) is 0 Å². The Balaban J connectivity index is 1.53. The minimum atomic E-state index is -0.102. The van der Waals surface area contributed by atoms with Crippen LogP contribution in [-0.4, -0.2) is 38.9 Å². The maximum absolute atomic E-state index is 12.2. The second-order valence-corrected chi connectivity index (χ2v) is 5.40. The second kappa shape index (κ2) is 4.03. The summed E-state index contributed by atoms with van der Waals surface area (Å²) < 4.78 is 1.81. The van der Waals surface area contributed by atoms with E-state index in [0.717, 1.165) is 24.5 Å². The molecular weight excluding hydrogens is 242 g/mol. The summed E-state index contributed by atoms with van der Waals surface area (Å²) in [5.41, 5.74) is 1.19. The van der Waals surface area contributed by atoms with E-state index < -0.39 is 0 Å². The van der Waals surface area contributed by atoms with Crippen molar-refractivity contribution in [2.75, 3.05) is 6.54 Å². The van der Waals surface area contributed by atoms with Crippen molar-refractivity contribution in [3.63, 3.8) is 0 Å². The lowest BCUT2D eigenvalue weighted by atomic mass is 10.1. The van der Waals surface area contributed by atoms with Gasteiger partial charge in [0.15, 0.2) is 5.65 Å². The molecule has 0 spiro atoms. The third kappa shape index (κ3) is 1.79. The number of imidazole rings is 1. The molecule has 6 heteroatoms. The fourth-order valence-corrected chi connectivity index (χ4v) is 3.20. The van der Waals surface area contributed by atoms with Crippen LogP contribution in [0.25, 0.3) is 5.65 Å². The molecule has 1 saturated carbocycles. The third-order valence-corrected chi connectivity index (χ3v) is 4.16. The molecule has 2 aromatic rings. The molecule has 4 rings (SSSR count). The van der Waals surface area contributed by atoms with Crippen LogP contribution < -0.4 is 10.6 Å². The molecule has 98 valence electrons. The van der Waals surface area contributed by atoms with E-state index in [4.69, 9.17) is 0 Å². The molecule has 1 amide bonds. The smallest absolute Gasteiger partial charge is 0.271 e. The molecule has 2 aromatic heterocycles. The van der Waals surface area contributed by atoms with Crippen molar-refractivity contribution in [3.05, 3.63) is 30.5 Å². The van der Waals surface area contributed by atoms with Crippen LogP contribution in [0.4, 0.5) is 0 Å². The highest BCUT2D eigenvalue weighted by atomic mass is 16.2. The molecule has 3 atom stereocenters. The zero-order valence-electron chi connectivity index (χ0n) is 10.4. The number of fused-ring (bicyclic) bond motifs is 3. The van der Waals surface area contributed by atoms with Gasteiger partial charge in [-0.15, -0.1) is 0 Å². The summed E-state index contributed by atoms with van der Waals surface area (Å²) in [5, 5.41) is 6.52. The number of piperidine rings is 1. The van der Waals surface area contributed by atoms with E-state index in [2.05, 4.69) is 20.6 Å². The van der Waals surface area contributed by atoms with Crippen molar-refractivity contribution in [1.82, 2.24) is 25.0 Å². The first kappa shape index (κ1) is 10.9. The lowest BCUT2D eigenvalue weighted by Gasteiger charge is -2.23. The molecular formula is C13H15N5O. The molecule has 0 radical (unpaired) electrons. The van der Waals surface area contributed by atoms with E-state index in [-0.39, 0.29) is 11.9 Å². The lowest BCUT2D eigenvalue weighted by molar-refractivity contribution is 0.0923. The first-order valence-electron chi connectivity index (χ1n) is 6.62. The summed E-state index contributed by atoms with van der Waals surface area (Å²) in [7, 11) is 0. The molecule has 19 heavy (non-hydrogen) atoms. The van der Waals surface area contributed by atoms with E-state index in [1.165, 1.54) is 6.42 Å². The fourth-order valence-electron chi connectivity index (χ4n) is 3.20. The van der Waals surface area contributed by atoms with Crippen LogP contribution >= 0.6 is 0 Å². The van der Waals surface area contributed by atoms with Crippen LogP contribution in [0.2, 0.25) is 0 Å². The number of carbonyl (C=O) groups excluding carboxylic acids is 1. The number of nitrogens with one attached hydrogen (secondary N) is 2. The van der Waals surface area contributed by atoms with Crippen molar-refractivity contribution in [3.8, 4) is 0 Å². The van der Waals surface area contributed by atoms with Gasteiger partial charge in [-0.2, -0.15) is 0 Å². The summed E-state index contributed by atoms with van der Waals surface area (Å²) in [4.78, 5) is 20.5. The Morgan fingerprint density at radius 1 is 1.42 bits per heavy atom. The highest BCUT2D eigenvalue weighted by molar-refractivity contribution is 5.92. The molecule has 2 fully saturated rings. The number of nitrogens with zero attached hydrogens (tertiary/aromatic N) is 3.